The van der Waals surface area contributed by atoms with Gasteiger partial charge < -0.3 is 5.11 Å². The van der Waals surface area contributed by atoms with Crippen LogP contribution >= 0.6 is 12.4 Å². The largest absolute Gasteiger partial charge is 0.394 e. The smallest absolute Gasteiger partial charge is 0.0754 e. The van der Waals surface area contributed by atoms with E-state index in [4.69, 9.17) is 4.98 Å². The van der Waals surface area contributed by atoms with Crippen molar-refractivity contribution in [3.05, 3.63) is 41.1 Å². The molecule has 2 aromatic rings. The molecule has 0 radical (unpaired) electrons. The molecule has 0 spiro atoms. The van der Waals surface area contributed by atoms with Crippen LogP contribution in [0.25, 0.3) is 10.9 Å². The van der Waals surface area contributed by atoms with Crippen LogP contribution in [0.3, 0.4) is 0 Å². The molecule has 0 fully saturated rings. The van der Waals surface area contributed by atoms with Crippen molar-refractivity contribution < 1.29 is 5.11 Å². The molecule has 1 heterocycles. The van der Waals surface area contributed by atoms with Crippen molar-refractivity contribution in [2.24, 2.45) is 0 Å². The third-order valence-electron chi connectivity index (χ3n) is 4.29. The van der Waals surface area contributed by atoms with Gasteiger partial charge in [-0.2, -0.15) is 0 Å². The van der Waals surface area contributed by atoms with Crippen LogP contribution < -0.4 is 0 Å². The van der Waals surface area contributed by atoms with Crippen molar-refractivity contribution in [2.45, 2.75) is 40.2 Å². The number of halogens is 1. The van der Waals surface area contributed by atoms with Crippen molar-refractivity contribution in [1.82, 2.24) is 9.88 Å². The molecule has 122 valence electrons. The fraction of sp³-hybridized carbons (Fsp3) is 0.500. The van der Waals surface area contributed by atoms with Gasteiger partial charge in [0.05, 0.1) is 18.2 Å². The van der Waals surface area contributed by atoms with Crippen molar-refractivity contribution in [3.63, 3.8) is 0 Å². The lowest BCUT2D eigenvalue weighted by molar-refractivity contribution is 0.134. The second-order valence-corrected chi connectivity index (χ2v) is 5.44. The summed E-state index contributed by atoms with van der Waals surface area (Å²) in [6.07, 6.45) is 0.936. The van der Waals surface area contributed by atoms with E-state index in [0.717, 1.165) is 41.7 Å². The molecule has 1 N–H and O–H groups in total. The Morgan fingerprint density at radius 3 is 2.41 bits per heavy atom. The Hall–Kier alpha value is -1.16. The topological polar surface area (TPSA) is 36.4 Å². The Bertz CT molecular complexity index is 611. The molecule has 0 aliphatic rings. The van der Waals surface area contributed by atoms with Gasteiger partial charge in [-0.15, -0.1) is 12.4 Å². The monoisotopic (exact) mass is 322 g/mol. The standard InChI is InChI=1S/C18H26N2O.ClH/c1-5-16-13(4)11-14-9-8-10-15(18(14)19-16)17(12-21)20(6-2)7-3;/h8-11,17,21H,5-7,12H2,1-4H3;1H/t17-;/m0./s1. The van der Waals surface area contributed by atoms with Crippen LogP contribution in [0.1, 0.15) is 43.6 Å². The van der Waals surface area contributed by atoms with Gasteiger partial charge in [-0.1, -0.05) is 39.0 Å². The maximum Gasteiger partial charge on any atom is 0.0754 e. The molecule has 0 aliphatic carbocycles. The Morgan fingerprint density at radius 2 is 1.86 bits per heavy atom. The summed E-state index contributed by atoms with van der Waals surface area (Å²) in [5, 5.41) is 11.0. The minimum Gasteiger partial charge on any atom is -0.394 e. The quantitative estimate of drug-likeness (QED) is 0.876. The van der Waals surface area contributed by atoms with Gasteiger partial charge in [0, 0.05) is 11.1 Å². The van der Waals surface area contributed by atoms with Gasteiger partial charge in [0.2, 0.25) is 0 Å². The van der Waals surface area contributed by atoms with Crippen molar-refractivity contribution in [1.29, 1.82) is 0 Å². The second-order valence-electron chi connectivity index (χ2n) is 5.44. The zero-order valence-corrected chi connectivity index (χ0v) is 14.8. The van der Waals surface area contributed by atoms with E-state index in [1.807, 2.05) is 0 Å². The number of para-hydroxylation sites is 1. The number of aliphatic hydroxyl groups is 1. The van der Waals surface area contributed by atoms with Gasteiger partial charge in [0.1, 0.15) is 0 Å². The summed E-state index contributed by atoms with van der Waals surface area (Å²) in [5.41, 5.74) is 4.55. The first-order chi connectivity index (χ1) is 10.2. The highest BCUT2D eigenvalue weighted by Crippen LogP contribution is 2.28. The van der Waals surface area contributed by atoms with E-state index in [1.165, 1.54) is 5.56 Å². The highest BCUT2D eigenvalue weighted by Gasteiger charge is 2.20. The van der Waals surface area contributed by atoms with E-state index in [0.29, 0.717) is 0 Å². The summed E-state index contributed by atoms with van der Waals surface area (Å²) in [6, 6.07) is 8.50. The number of aromatic nitrogens is 1. The predicted molar refractivity (Wildman–Crippen MR) is 95.9 cm³/mol. The van der Waals surface area contributed by atoms with Crippen molar-refractivity contribution in [2.75, 3.05) is 19.7 Å². The molecule has 22 heavy (non-hydrogen) atoms. The van der Waals surface area contributed by atoms with E-state index in [-0.39, 0.29) is 25.1 Å². The van der Waals surface area contributed by atoms with Crippen molar-refractivity contribution in [3.8, 4) is 0 Å². The van der Waals surface area contributed by atoms with Crippen LogP contribution in [-0.4, -0.2) is 34.7 Å². The fourth-order valence-corrected chi connectivity index (χ4v) is 3.07. The lowest BCUT2D eigenvalue weighted by Crippen LogP contribution is -2.31. The molecule has 1 aromatic heterocycles. The summed E-state index contributed by atoms with van der Waals surface area (Å²) >= 11 is 0. The molecule has 2 rings (SSSR count). The number of fused-ring (bicyclic) bond motifs is 1. The van der Waals surface area contributed by atoms with Crippen LogP contribution in [0.15, 0.2) is 24.3 Å². The number of rotatable bonds is 6. The average molecular weight is 323 g/mol. The molecular formula is C18H27ClN2O. The molecular weight excluding hydrogens is 296 g/mol. The predicted octanol–water partition coefficient (Wildman–Crippen LogP) is 3.90. The molecule has 0 saturated carbocycles. The zero-order chi connectivity index (χ0) is 15.4. The van der Waals surface area contributed by atoms with E-state index in [9.17, 15) is 5.11 Å². The number of likely N-dealkylation sites (N-methyl/N-ethyl adjacent to an activating group) is 1. The highest BCUT2D eigenvalue weighted by atomic mass is 35.5. The normalized spacial score (nSPS) is 12.5. The molecule has 3 nitrogen and oxygen atoms in total. The van der Waals surface area contributed by atoms with Crippen LogP contribution in [0.4, 0.5) is 0 Å². The Balaban J connectivity index is 0.00000242. The molecule has 1 atom stereocenters. The Labute approximate surface area is 139 Å². The molecule has 0 aliphatic heterocycles. The first-order valence-corrected chi connectivity index (χ1v) is 7.90. The summed E-state index contributed by atoms with van der Waals surface area (Å²) in [4.78, 5) is 7.15. The fourth-order valence-electron chi connectivity index (χ4n) is 3.07. The molecule has 4 heteroatoms. The van der Waals surface area contributed by atoms with E-state index in [1.54, 1.807) is 0 Å². The third-order valence-corrected chi connectivity index (χ3v) is 4.29. The number of hydrogen-bond acceptors (Lipinski definition) is 3. The summed E-state index contributed by atoms with van der Waals surface area (Å²) in [6.45, 7) is 10.5. The van der Waals surface area contributed by atoms with Crippen molar-refractivity contribution >= 4 is 23.3 Å². The third kappa shape index (κ3) is 3.60. The number of aliphatic hydroxyl groups excluding tert-OH is 1. The van der Waals surface area contributed by atoms with Crippen LogP contribution in [0, 0.1) is 6.92 Å². The summed E-state index contributed by atoms with van der Waals surface area (Å²) in [7, 11) is 0. The van der Waals surface area contributed by atoms with E-state index in [2.05, 4.69) is 56.9 Å². The maximum atomic E-state index is 9.88. The SMILES string of the molecule is CCc1nc2c([C@H](CO)N(CC)CC)cccc2cc1C.Cl. The maximum absolute atomic E-state index is 9.88. The summed E-state index contributed by atoms with van der Waals surface area (Å²) in [5.74, 6) is 0. The molecule has 0 amide bonds. The van der Waals surface area contributed by atoms with Crippen LogP contribution in [0.5, 0.6) is 0 Å². The first kappa shape index (κ1) is 18.9. The Kier molecular flexibility index (Phi) is 7.27. The number of benzene rings is 1. The highest BCUT2D eigenvalue weighted by molar-refractivity contribution is 5.85. The number of pyridine rings is 1. The van der Waals surface area contributed by atoms with E-state index < -0.39 is 0 Å². The Morgan fingerprint density at radius 1 is 1.18 bits per heavy atom. The van der Waals surface area contributed by atoms with E-state index >= 15 is 0 Å². The second kappa shape index (κ2) is 8.47. The molecule has 0 saturated heterocycles. The van der Waals surface area contributed by atoms with Crippen LogP contribution in [-0.2, 0) is 6.42 Å². The van der Waals surface area contributed by atoms with Gasteiger partial charge >= 0.3 is 0 Å². The van der Waals surface area contributed by atoms with Gasteiger partial charge in [0.15, 0.2) is 0 Å². The number of nitrogens with zero attached hydrogens (tertiary/aromatic N) is 2. The first-order valence-electron chi connectivity index (χ1n) is 7.90. The van der Waals surface area contributed by atoms with Gasteiger partial charge in [-0.25, -0.2) is 0 Å². The molecule has 0 bridgehead atoms. The lowest BCUT2D eigenvalue weighted by atomic mass is 10.00. The minimum absolute atomic E-state index is 0. The van der Waals surface area contributed by atoms with Gasteiger partial charge in [-0.05, 0) is 43.6 Å². The average Bonchev–Trinajstić information content (AvgIpc) is 2.51. The number of hydrogen-bond donors (Lipinski definition) is 1. The lowest BCUT2D eigenvalue weighted by Gasteiger charge is -2.29. The van der Waals surface area contributed by atoms with Gasteiger partial charge in [0.25, 0.3) is 0 Å². The minimum atomic E-state index is 0. The zero-order valence-electron chi connectivity index (χ0n) is 14.0. The summed E-state index contributed by atoms with van der Waals surface area (Å²) < 4.78 is 0. The van der Waals surface area contributed by atoms with Crippen LogP contribution in [0.2, 0.25) is 0 Å². The molecule has 0 unspecified atom stereocenters. The number of aryl methyl sites for hydroxylation is 2. The van der Waals surface area contributed by atoms with Gasteiger partial charge in [-0.3, -0.25) is 9.88 Å². The molecule has 1 aromatic carbocycles.